The Hall–Kier alpha value is -1.62. The highest BCUT2D eigenvalue weighted by atomic mass is 32.2. The fourth-order valence-corrected chi connectivity index (χ4v) is 2.12. The molecule has 19 heavy (non-hydrogen) atoms. The zero-order valence-electron chi connectivity index (χ0n) is 11.2. The third-order valence-corrected chi connectivity index (χ3v) is 3.38. The first-order valence-corrected chi connectivity index (χ1v) is 7.09. The molecule has 0 unspecified atom stereocenters. The third-order valence-electron chi connectivity index (χ3n) is 2.65. The predicted molar refractivity (Wildman–Crippen MR) is 77.6 cm³/mol. The van der Waals surface area contributed by atoms with Crippen LogP contribution >= 0.6 is 11.8 Å². The number of aromatic nitrogens is 2. The number of rotatable bonds is 4. The minimum Gasteiger partial charge on any atom is -0.340 e. The van der Waals surface area contributed by atoms with E-state index in [2.05, 4.69) is 15.3 Å². The van der Waals surface area contributed by atoms with E-state index >= 15 is 0 Å². The van der Waals surface area contributed by atoms with Gasteiger partial charge >= 0.3 is 0 Å². The van der Waals surface area contributed by atoms with Crippen LogP contribution in [0.3, 0.4) is 0 Å². The molecular formula is C14H16FN3S. The molecule has 0 radical (unpaired) electrons. The van der Waals surface area contributed by atoms with Gasteiger partial charge in [-0.15, -0.1) is 0 Å². The minimum absolute atomic E-state index is 0.432. The maximum Gasteiger partial charge on any atom is 0.221 e. The zero-order chi connectivity index (χ0) is 13.8. The van der Waals surface area contributed by atoms with Gasteiger partial charge < -0.3 is 5.32 Å². The largest absolute Gasteiger partial charge is 0.340 e. The molecule has 0 fully saturated rings. The summed E-state index contributed by atoms with van der Waals surface area (Å²) in [4.78, 5) is 8.17. The van der Waals surface area contributed by atoms with Crippen LogP contribution in [0.4, 0.5) is 15.9 Å². The number of hydrogen-bond acceptors (Lipinski definition) is 4. The first kappa shape index (κ1) is 13.8. The lowest BCUT2D eigenvalue weighted by atomic mass is 10.2. The van der Waals surface area contributed by atoms with Gasteiger partial charge in [-0.05, 0) is 31.7 Å². The Labute approximate surface area is 116 Å². The standard InChI is InChI=1S/C14H16FN3S/c1-4-19-14-17-12(15)10(3)13(18-14)16-11-7-5-9(2)6-8-11/h5-8H,4H2,1-3H3,(H,16,17,18). The summed E-state index contributed by atoms with van der Waals surface area (Å²) >= 11 is 1.42. The summed E-state index contributed by atoms with van der Waals surface area (Å²) in [5.74, 6) is 0.861. The fraction of sp³-hybridized carbons (Fsp3) is 0.286. The second-order valence-corrected chi connectivity index (χ2v) is 5.43. The number of hydrogen-bond donors (Lipinski definition) is 1. The highest BCUT2D eigenvalue weighted by Gasteiger charge is 2.10. The van der Waals surface area contributed by atoms with Crippen LogP contribution in [0.5, 0.6) is 0 Å². The molecule has 0 bridgehead atoms. The first-order chi connectivity index (χ1) is 9.10. The second-order valence-electron chi connectivity index (χ2n) is 4.19. The normalized spacial score (nSPS) is 10.5. The average molecular weight is 277 g/mol. The molecule has 1 aromatic heterocycles. The lowest BCUT2D eigenvalue weighted by Gasteiger charge is -2.10. The summed E-state index contributed by atoms with van der Waals surface area (Å²) in [6.07, 6.45) is 0. The van der Waals surface area contributed by atoms with Crippen LogP contribution in [0.15, 0.2) is 29.4 Å². The van der Waals surface area contributed by atoms with Gasteiger partial charge in [-0.2, -0.15) is 9.37 Å². The highest BCUT2D eigenvalue weighted by molar-refractivity contribution is 7.99. The Morgan fingerprint density at radius 2 is 1.84 bits per heavy atom. The molecule has 1 heterocycles. The van der Waals surface area contributed by atoms with Crippen LogP contribution in [0.2, 0.25) is 0 Å². The summed E-state index contributed by atoms with van der Waals surface area (Å²) in [6.45, 7) is 5.68. The predicted octanol–water partition coefficient (Wildman–Crippen LogP) is 4.09. The highest BCUT2D eigenvalue weighted by Crippen LogP contribution is 2.23. The van der Waals surface area contributed by atoms with Crippen LogP contribution in [0, 0.1) is 19.8 Å². The van der Waals surface area contributed by atoms with Gasteiger partial charge in [0.1, 0.15) is 5.82 Å². The quantitative estimate of drug-likeness (QED) is 0.519. The Morgan fingerprint density at radius 3 is 2.47 bits per heavy atom. The van der Waals surface area contributed by atoms with Crippen molar-refractivity contribution in [3.63, 3.8) is 0 Å². The molecule has 0 spiro atoms. The molecule has 0 aliphatic carbocycles. The molecule has 100 valence electrons. The SMILES string of the molecule is CCSc1nc(F)c(C)c(Nc2ccc(C)cc2)n1. The van der Waals surface area contributed by atoms with Crippen molar-refractivity contribution in [3.8, 4) is 0 Å². The van der Waals surface area contributed by atoms with E-state index in [0.717, 1.165) is 11.4 Å². The van der Waals surface area contributed by atoms with Crippen LogP contribution in [0.25, 0.3) is 0 Å². The summed E-state index contributed by atoms with van der Waals surface area (Å²) < 4.78 is 13.7. The van der Waals surface area contributed by atoms with E-state index in [9.17, 15) is 4.39 Å². The number of nitrogens with zero attached hydrogens (tertiary/aromatic N) is 2. The monoisotopic (exact) mass is 277 g/mol. The fourth-order valence-electron chi connectivity index (χ4n) is 1.56. The van der Waals surface area contributed by atoms with Crippen molar-refractivity contribution in [1.29, 1.82) is 0 Å². The molecule has 0 saturated heterocycles. The van der Waals surface area contributed by atoms with Crippen LogP contribution < -0.4 is 5.32 Å². The number of halogens is 1. The molecule has 2 rings (SSSR count). The summed E-state index contributed by atoms with van der Waals surface area (Å²) in [5.41, 5.74) is 2.50. The van der Waals surface area contributed by atoms with Crippen LogP contribution in [0.1, 0.15) is 18.1 Å². The van der Waals surface area contributed by atoms with Crippen molar-refractivity contribution in [2.45, 2.75) is 25.9 Å². The van der Waals surface area contributed by atoms with Crippen LogP contribution in [-0.2, 0) is 0 Å². The van der Waals surface area contributed by atoms with Crippen molar-refractivity contribution in [2.24, 2.45) is 0 Å². The van der Waals surface area contributed by atoms with Gasteiger partial charge in [0.25, 0.3) is 0 Å². The van der Waals surface area contributed by atoms with Gasteiger partial charge in [0.15, 0.2) is 5.16 Å². The first-order valence-electron chi connectivity index (χ1n) is 6.10. The van der Waals surface area contributed by atoms with Gasteiger partial charge in [-0.1, -0.05) is 36.4 Å². The Kier molecular flexibility index (Phi) is 4.37. The topological polar surface area (TPSA) is 37.8 Å². The van der Waals surface area contributed by atoms with Gasteiger partial charge in [-0.25, -0.2) is 4.98 Å². The molecule has 5 heteroatoms. The van der Waals surface area contributed by atoms with Crippen molar-refractivity contribution in [2.75, 3.05) is 11.1 Å². The molecule has 1 N–H and O–H groups in total. The van der Waals surface area contributed by atoms with Gasteiger partial charge in [0, 0.05) is 11.3 Å². The number of nitrogens with one attached hydrogen (secondary N) is 1. The van der Waals surface area contributed by atoms with Gasteiger partial charge in [0.05, 0.1) is 0 Å². The zero-order valence-corrected chi connectivity index (χ0v) is 12.0. The van der Waals surface area contributed by atoms with E-state index in [0.29, 0.717) is 16.5 Å². The maximum atomic E-state index is 13.7. The number of aryl methyl sites for hydroxylation is 1. The molecule has 3 nitrogen and oxygen atoms in total. The lowest BCUT2D eigenvalue weighted by molar-refractivity contribution is 0.555. The smallest absolute Gasteiger partial charge is 0.221 e. The Morgan fingerprint density at radius 1 is 1.16 bits per heavy atom. The lowest BCUT2D eigenvalue weighted by Crippen LogP contribution is -2.03. The number of benzene rings is 1. The Balaban J connectivity index is 2.30. The van der Waals surface area contributed by atoms with E-state index in [1.165, 1.54) is 17.3 Å². The Bertz CT molecular complexity index is 570. The van der Waals surface area contributed by atoms with Crippen molar-refractivity contribution in [1.82, 2.24) is 9.97 Å². The van der Waals surface area contributed by atoms with Crippen molar-refractivity contribution in [3.05, 3.63) is 41.3 Å². The molecule has 0 saturated carbocycles. The van der Waals surface area contributed by atoms with Crippen molar-refractivity contribution >= 4 is 23.3 Å². The van der Waals surface area contributed by atoms with E-state index in [-0.39, 0.29) is 0 Å². The molecule has 2 aromatic rings. The van der Waals surface area contributed by atoms with E-state index < -0.39 is 5.95 Å². The van der Waals surface area contributed by atoms with E-state index in [1.54, 1.807) is 6.92 Å². The molecule has 1 aromatic carbocycles. The molecular weight excluding hydrogens is 261 g/mol. The van der Waals surface area contributed by atoms with Gasteiger partial charge in [0.2, 0.25) is 5.95 Å². The molecule has 0 aliphatic rings. The minimum atomic E-state index is -0.472. The van der Waals surface area contributed by atoms with E-state index in [1.807, 2.05) is 38.1 Å². The number of thioether (sulfide) groups is 1. The second kappa shape index (κ2) is 6.02. The summed E-state index contributed by atoms with van der Waals surface area (Å²) in [7, 11) is 0. The van der Waals surface area contributed by atoms with Crippen molar-refractivity contribution < 1.29 is 4.39 Å². The summed E-state index contributed by atoms with van der Waals surface area (Å²) in [6, 6.07) is 7.89. The third kappa shape index (κ3) is 3.44. The number of anilines is 2. The van der Waals surface area contributed by atoms with Crippen LogP contribution in [-0.4, -0.2) is 15.7 Å². The molecule has 0 amide bonds. The maximum absolute atomic E-state index is 13.7. The molecule has 0 aliphatic heterocycles. The summed E-state index contributed by atoms with van der Waals surface area (Å²) in [5, 5.41) is 3.59. The van der Waals surface area contributed by atoms with Gasteiger partial charge in [-0.3, -0.25) is 0 Å². The molecule has 0 atom stereocenters. The average Bonchev–Trinajstić information content (AvgIpc) is 2.38. The van der Waals surface area contributed by atoms with E-state index in [4.69, 9.17) is 0 Å².